The quantitative estimate of drug-likeness (QED) is 0.531. The largest absolute Gasteiger partial charge is 0.573 e. The summed E-state index contributed by atoms with van der Waals surface area (Å²) in [7, 11) is 0. The fourth-order valence-corrected chi connectivity index (χ4v) is 4.66. The average molecular weight is 548 g/mol. The van der Waals surface area contributed by atoms with Crippen molar-refractivity contribution >= 4 is 23.6 Å². The van der Waals surface area contributed by atoms with Gasteiger partial charge in [0.25, 0.3) is 5.91 Å². The van der Waals surface area contributed by atoms with Crippen LogP contribution in [0.15, 0.2) is 48.5 Å². The summed E-state index contributed by atoms with van der Waals surface area (Å²) in [4.78, 5) is 41.1. The van der Waals surface area contributed by atoms with E-state index in [4.69, 9.17) is 4.74 Å². The van der Waals surface area contributed by atoms with Crippen molar-refractivity contribution in [3.05, 3.63) is 59.7 Å². The number of alkyl carbamates (subject to hydrolysis) is 1. The second kappa shape index (κ2) is 10.8. The number of rotatable bonds is 6. The molecular weight excluding hydrogens is 515 g/mol. The topological polar surface area (TPSA) is 97.0 Å². The third-order valence-electron chi connectivity index (χ3n) is 6.69. The van der Waals surface area contributed by atoms with Gasteiger partial charge in [0.05, 0.1) is 6.54 Å². The van der Waals surface area contributed by atoms with E-state index in [0.29, 0.717) is 43.4 Å². The van der Waals surface area contributed by atoms with Gasteiger partial charge in [-0.25, -0.2) is 4.79 Å². The van der Waals surface area contributed by atoms with Gasteiger partial charge in [0.2, 0.25) is 5.91 Å². The zero-order valence-corrected chi connectivity index (χ0v) is 22.1. The highest BCUT2D eigenvalue weighted by molar-refractivity contribution is 6.01. The van der Waals surface area contributed by atoms with Crippen molar-refractivity contribution in [3.8, 4) is 5.75 Å². The predicted octanol–water partition coefficient (Wildman–Crippen LogP) is 5.00. The van der Waals surface area contributed by atoms with Crippen LogP contribution in [0, 0.1) is 0 Å². The number of carbonyl (C=O) groups excluding carboxylic acids is 3. The van der Waals surface area contributed by atoms with Crippen LogP contribution in [0.3, 0.4) is 0 Å². The zero-order chi connectivity index (χ0) is 28.4. The van der Waals surface area contributed by atoms with Crippen molar-refractivity contribution in [1.29, 1.82) is 0 Å². The normalized spacial score (nSPS) is 18.8. The van der Waals surface area contributed by atoms with E-state index in [1.165, 1.54) is 29.2 Å². The van der Waals surface area contributed by atoms with Gasteiger partial charge >= 0.3 is 12.5 Å². The Bertz CT molecular complexity index is 1220. The summed E-state index contributed by atoms with van der Waals surface area (Å²) < 4.78 is 47.1. The molecule has 39 heavy (non-hydrogen) atoms. The Balaban J connectivity index is 1.52. The predicted molar refractivity (Wildman–Crippen MR) is 137 cm³/mol. The summed E-state index contributed by atoms with van der Waals surface area (Å²) in [5.41, 5.74) is 0.262. The number of aryl methyl sites for hydroxylation is 1. The molecule has 4 rings (SSSR count). The molecule has 11 heteroatoms. The molecular formula is C28H32F3N3O5. The first kappa shape index (κ1) is 28.3. The minimum atomic E-state index is -4.80. The maximum absolute atomic E-state index is 13.8. The second-order valence-electron chi connectivity index (χ2n) is 10.9. The number of amides is 3. The lowest BCUT2D eigenvalue weighted by Gasteiger charge is -2.40. The Kier molecular flexibility index (Phi) is 7.81. The number of benzene rings is 2. The summed E-state index contributed by atoms with van der Waals surface area (Å²) in [6, 6.07) is 11.8. The number of halogens is 3. The van der Waals surface area contributed by atoms with Crippen LogP contribution >= 0.6 is 0 Å². The number of para-hydroxylation sites is 1. The van der Waals surface area contributed by atoms with Crippen molar-refractivity contribution in [2.75, 3.05) is 4.90 Å². The number of hydrogen-bond donors (Lipinski definition) is 2. The number of alkyl halides is 3. The molecule has 210 valence electrons. The second-order valence-corrected chi connectivity index (χ2v) is 10.9. The maximum Gasteiger partial charge on any atom is 0.573 e. The molecule has 1 fully saturated rings. The van der Waals surface area contributed by atoms with E-state index in [2.05, 4.69) is 15.4 Å². The summed E-state index contributed by atoms with van der Waals surface area (Å²) >= 11 is 0. The van der Waals surface area contributed by atoms with Crippen LogP contribution < -0.4 is 20.3 Å². The molecule has 1 atom stereocenters. The molecule has 2 aromatic carbocycles. The minimum Gasteiger partial charge on any atom is -0.433 e. The van der Waals surface area contributed by atoms with Crippen molar-refractivity contribution in [2.45, 2.75) is 83.0 Å². The van der Waals surface area contributed by atoms with Crippen LogP contribution in [0.25, 0.3) is 0 Å². The minimum absolute atomic E-state index is 0.0736. The third-order valence-corrected chi connectivity index (χ3v) is 6.69. The molecule has 0 saturated heterocycles. The molecule has 8 nitrogen and oxygen atoms in total. The molecule has 1 saturated carbocycles. The fourth-order valence-electron chi connectivity index (χ4n) is 4.66. The Hall–Kier alpha value is -3.76. The molecule has 3 amide bonds. The van der Waals surface area contributed by atoms with E-state index < -0.39 is 35.5 Å². The van der Waals surface area contributed by atoms with Gasteiger partial charge in [-0.05, 0) is 82.2 Å². The van der Waals surface area contributed by atoms with Gasteiger partial charge < -0.3 is 25.0 Å². The Morgan fingerprint density at radius 3 is 2.31 bits per heavy atom. The Morgan fingerprint density at radius 1 is 1.05 bits per heavy atom. The molecule has 2 N–H and O–H groups in total. The highest BCUT2D eigenvalue weighted by Gasteiger charge is 2.49. The van der Waals surface area contributed by atoms with Crippen LogP contribution in [-0.2, 0) is 27.3 Å². The van der Waals surface area contributed by atoms with E-state index >= 15 is 0 Å². The number of nitrogens with zero attached hydrogens (tertiary/aromatic N) is 1. The van der Waals surface area contributed by atoms with Gasteiger partial charge in [0.15, 0.2) is 5.60 Å². The third kappa shape index (κ3) is 7.01. The summed E-state index contributed by atoms with van der Waals surface area (Å²) in [6.07, 6.45) is -3.24. The molecule has 1 aliphatic heterocycles. The van der Waals surface area contributed by atoms with Crippen LogP contribution in [0.4, 0.5) is 23.7 Å². The Morgan fingerprint density at radius 2 is 1.72 bits per heavy atom. The molecule has 0 radical (unpaired) electrons. The van der Waals surface area contributed by atoms with Gasteiger partial charge in [-0.3, -0.25) is 9.59 Å². The van der Waals surface area contributed by atoms with Gasteiger partial charge in [0, 0.05) is 11.2 Å². The SMILES string of the molecule is CC(C)(C)NC(=O)OC1(C(=O)NC2CCc3ccccc3N(Cc3ccc(OC(F)(F)F)cc3)C2=O)CCC1. The standard InChI is InChI=1S/C28H32F3N3O5/c1-26(2,3)33-25(37)39-27(15-6-16-27)24(36)32-21-14-11-19-7-4-5-8-22(19)34(23(21)35)17-18-9-12-20(13-10-18)38-28(29,30)31/h4-5,7-10,12-13,21H,6,11,14-17H2,1-3H3,(H,32,36)(H,33,37). The first-order chi connectivity index (χ1) is 18.2. The van der Waals surface area contributed by atoms with E-state index in [-0.39, 0.29) is 18.2 Å². The highest BCUT2D eigenvalue weighted by Crippen LogP contribution is 2.37. The van der Waals surface area contributed by atoms with E-state index in [1.807, 2.05) is 12.1 Å². The fraction of sp³-hybridized carbons (Fsp3) is 0.464. The first-order valence-electron chi connectivity index (χ1n) is 12.8. The smallest absolute Gasteiger partial charge is 0.433 e. The maximum atomic E-state index is 13.8. The van der Waals surface area contributed by atoms with E-state index in [0.717, 1.165) is 5.56 Å². The van der Waals surface area contributed by atoms with E-state index in [9.17, 15) is 27.6 Å². The van der Waals surface area contributed by atoms with Gasteiger partial charge in [-0.2, -0.15) is 0 Å². The molecule has 2 aliphatic rings. The lowest BCUT2D eigenvalue weighted by atomic mass is 9.79. The average Bonchev–Trinajstić information content (AvgIpc) is 2.93. The lowest BCUT2D eigenvalue weighted by molar-refractivity contribution is -0.274. The number of nitrogens with one attached hydrogen (secondary N) is 2. The number of hydrogen-bond acceptors (Lipinski definition) is 5. The molecule has 0 bridgehead atoms. The lowest BCUT2D eigenvalue weighted by Crippen LogP contribution is -2.60. The van der Waals surface area contributed by atoms with Crippen LogP contribution in [0.2, 0.25) is 0 Å². The molecule has 1 heterocycles. The summed E-state index contributed by atoms with van der Waals surface area (Å²) in [5, 5.41) is 5.52. The zero-order valence-electron chi connectivity index (χ0n) is 22.1. The molecule has 0 spiro atoms. The van der Waals surface area contributed by atoms with E-state index in [1.54, 1.807) is 32.9 Å². The monoisotopic (exact) mass is 547 g/mol. The molecule has 1 unspecified atom stereocenters. The first-order valence-corrected chi connectivity index (χ1v) is 12.8. The van der Waals surface area contributed by atoms with Gasteiger partial charge in [-0.1, -0.05) is 30.3 Å². The van der Waals surface area contributed by atoms with Crippen LogP contribution in [0.1, 0.15) is 57.6 Å². The van der Waals surface area contributed by atoms with Crippen molar-refractivity contribution in [1.82, 2.24) is 10.6 Å². The summed E-state index contributed by atoms with van der Waals surface area (Å²) in [5.74, 6) is -1.24. The molecule has 1 aliphatic carbocycles. The van der Waals surface area contributed by atoms with Gasteiger partial charge in [0.1, 0.15) is 11.8 Å². The summed E-state index contributed by atoms with van der Waals surface area (Å²) in [6.45, 7) is 5.48. The van der Waals surface area contributed by atoms with Crippen molar-refractivity contribution in [3.63, 3.8) is 0 Å². The Labute approximate surface area is 224 Å². The van der Waals surface area contributed by atoms with Crippen LogP contribution in [0.5, 0.6) is 5.75 Å². The molecule has 0 aromatic heterocycles. The van der Waals surface area contributed by atoms with Crippen LogP contribution in [-0.4, -0.2) is 41.5 Å². The number of carbonyl (C=O) groups is 3. The highest BCUT2D eigenvalue weighted by atomic mass is 19.4. The van der Waals surface area contributed by atoms with Crippen molar-refractivity contribution in [2.24, 2.45) is 0 Å². The molecule has 2 aromatic rings. The number of anilines is 1. The van der Waals surface area contributed by atoms with Crippen molar-refractivity contribution < 1.29 is 37.0 Å². The number of ether oxygens (including phenoxy) is 2. The van der Waals surface area contributed by atoms with Gasteiger partial charge in [-0.15, -0.1) is 13.2 Å². The number of fused-ring (bicyclic) bond motifs is 1.